The van der Waals surface area contributed by atoms with Crippen LogP contribution in [-0.4, -0.2) is 24.6 Å². The second-order valence-corrected chi connectivity index (χ2v) is 9.33. The van der Waals surface area contributed by atoms with Crippen LogP contribution in [-0.2, 0) is 14.9 Å². The number of carbonyl (C=O) groups excluding carboxylic acids is 2. The van der Waals surface area contributed by atoms with E-state index in [1.54, 1.807) is 37.3 Å². The van der Waals surface area contributed by atoms with E-state index < -0.39 is 11.4 Å². The Kier molecular flexibility index (Phi) is 8.66. The van der Waals surface area contributed by atoms with Crippen molar-refractivity contribution in [2.24, 2.45) is 0 Å². The van der Waals surface area contributed by atoms with Crippen molar-refractivity contribution in [3.63, 3.8) is 0 Å². The zero-order chi connectivity index (χ0) is 24.0. The third-order valence-corrected chi connectivity index (χ3v) is 6.77. The van der Waals surface area contributed by atoms with E-state index in [1.165, 1.54) is 0 Å². The Morgan fingerprint density at radius 3 is 2.42 bits per heavy atom. The molecule has 1 aliphatic carbocycles. The number of amides is 1. The van der Waals surface area contributed by atoms with Crippen LogP contribution >= 0.6 is 23.2 Å². The standard InChI is InChI=1S/C26H31Cl2NO4/c1-4-17(3)33-23-12-10-19(16-20(23)24(30)32-5-2)29-25(31)26(13-7-6-8-14-26)21-11-9-18(27)15-22(21)28/h9-12,15-17H,4-8,13-14H2,1-3H3,(H,29,31). The highest BCUT2D eigenvalue weighted by atomic mass is 35.5. The van der Waals surface area contributed by atoms with E-state index in [9.17, 15) is 9.59 Å². The molecule has 0 aliphatic heterocycles. The van der Waals surface area contributed by atoms with Crippen LogP contribution in [0, 0.1) is 0 Å². The topological polar surface area (TPSA) is 64.6 Å². The lowest BCUT2D eigenvalue weighted by atomic mass is 9.68. The minimum Gasteiger partial charge on any atom is -0.490 e. The van der Waals surface area contributed by atoms with Crippen LogP contribution in [0.1, 0.15) is 75.2 Å². The van der Waals surface area contributed by atoms with Crippen molar-refractivity contribution < 1.29 is 19.1 Å². The highest BCUT2D eigenvalue weighted by molar-refractivity contribution is 6.35. The zero-order valence-corrected chi connectivity index (χ0v) is 20.9. The van der Waals surface area contributed by atoms with Crippen LogP contribution in [0.5, 0.6) is 5.75 Å². The molecule has 3 rings (SSSR count). The first kappa shape index (κ1) is 25.4. The van der Waals surface area contributed by atoms with Crippen LogP contribution in [0.4, 0.5) is 5.69 Å². The zero-order valence-electron chi connectivity index (χ0n) is 19.4. The summed E-state index contributed by atoms with van der Waals surface area (Å²) in [5.41, 5.74) is 0.829. The molecule has 33 heavy (non-hydrogen) atoms. The third-order valence-electron chi connectivity index (χ3n) is 6.22. The number of carbonyl (C=O) groups is 2. The van der Waals surface area contributed by atoms with Gasteiger partial charge in [0.15, 0.2) is 0 Å². The molecule has 1 unspecified atom stereocenters. The summed E-state index contributed by atoms with van der Waals surface area (Å²) in [5.74, 6) is -0.189. The van der Waals surface area contributed by atoms with Crippen LogP contribution in [0.2, 0.25) is 10.0 Å². The molecule has 1 amide bonds. The fourth-order valence-electron chi connectivity index (χ4n) is 4.28. The largest absolute Gasteiger partial charge is 0.490 e. The molecule has 0 radical (unpaired) electrons. The first-order valence-electron chi connectivity index (χ1n) is 11.6. The van der Waals surface area contributed by atoms with Crippen molar-refractivity contribution in [3.8, 4) is 5.75 Å². The summed E-state index contributed by atoms with van der Waals surface area (Å²) in [5, 5.41) is 4.05. The maximum absolute atomic E-state index is 13.7. The van der Waals surface area contributed by atoms with E-state index in [0.717, 1.165) is 31.2 Å². The lowest BCUT2D eigenvalue weighted by molar-refractivity contribution is -0.122. The fourth-order valence-corrected chi connectivity index (χ4v) is 4.87. The van der Waals surface area contributed by atoms with E-state index in [4.69, 9.17) is 32.7 Å². The second-order valence-electron chi connectivity index (χ2n) is 8.49. The molecule has 0 heterocycles. The second kappa shape index (κ2) is 11.3. The van der Waals surface area contributed by atoms with Crippen LogP contribution in [0.25, 0.3) is 0 Å². The number of anilines is 1. The van der Waals surface area contributed by atoms with E-state index in [1.807, 2.05) is 19.9 Å². The number of hydrogen-bond acceptors (Lipinski definition) is 4. The first-order chi connectivity index (χ1) is 15.8. The Hall–Kier alpha value is -2.24. The number of benzene rings is 2. The van der Waals surface area contributed by atoms with Crippen molar-refractivity contribution >= 4 is 40.8 Å². The van der Waals surface area contributed by atoms with Crippen LogP contribution < -0.4 is 10.1 Å². The number of esters is 1. The van der Waals surface area contributed by atoms with Crippen molar-refractivity contribution in [1.29, 1.82) is 0 Å². The van der Waals surface area contributed by atoms with Crippen LogP contribution in [0.3, 0.4) is 0 Å². The minimum absolute atomic E-state index is 0.0591. The van der Waals surface area contributed by atoms with Gasteiger partial charge in [0, 0.05) is 15.7 Å². The summed E-state index contributed by atoms with van der Waals surface area (Å²) in [7, 11) is 0. The van der Waals surface area contributed by atoms with Gasteiger partial charge in [0.1, 0.15) is 11.3 Å². The molecule has 1 aliphatic rings. The Morgan fingerprint density at radius 2 is 1.79 bits per heavy atom. The van der Waals surface area contributed by atoms with Gasteiger partial charge in [-0.2, -0.15) is 0 Å². The van der Waals surface area contributed by atoms with Gasteiger partial charge in [-0.3, -0.25) is 4.79 Å². The van der Waals surface area contributed by atoms with Crippen molar-refractivity contribution in [2.45, 2.75) is 70.8 Å². The van der Waals surface area contributed by atoms with Gasteiger partial charge >= 0.3 is 5.97 Å². The van der Waals surface area contributed by atoms with E-state index in [0.29, 0.717) is 34.3 Å². The van der Waals surface area contributed by atoms with Gasteiger partial charge in [-0.05, 0) is 69.0 Å². The summed E-state index contributed by atoms with van der Waals surface area (Å²) >= 11 is 12.6. The molecule has 0 bridgehead atoms. The normalized spacial score (nSPS) is 16.0. The maximum Gasteiger partial charge on any atom is 0.341 e. The molecule has 1 N–H and O–H groups in total. The molecule has 1 fully saturated rings. The third kappa shape index (κ3) is 5.82. The lowest BCUT2D eigenvalue weighted by Crippen LogP contribution is -2.42. The number of nitrogens with one attached hydrogen (secondary N) is 1. The number of ether oxygens (including phenoxy) is 2. The fraction of sp³-hybridized carbons (Fsp3) is 0.462. The lowest BCUT2D eigenvalue weighted by Gasteiger charge is -2.37. The smallest absolute Gasteiger partial charge is 0.341 e. The molecule has 1 atom stereocenters. The molecular weight excluding hydrogens is 461 g/mol. The Labute approximate surface area is 205 Å². The summed E-state index contributed by atoms with van der Waals surface area (Å²) in [6.07, 6.45) is 5.07. The Bertz CT molecular complexity index is 1000. The van der Waals surface area contributed by atoms with Crippen LogP contribution in [0.15, 0.2) is 36.4 Å². The molecule has 0 aromatic heterocycles. The highest BCUT2D eigenvalue weighted by Crippen LogP contribution is 2.44. The Morgan fingerprint density at radius 1 is 1.06 bits per heavy atom. The van der Waals surface area contributed by atoms with Crippen molar-refractivity contribution in [3.05, 3.63) is 57.6 Å². The Balaban J connectivity index is 1.95. The average Bonchev–Trinajstić information content (AvgIpc) is 2.80. The van der Waals surface area contributed by atoms with Gasteiger partial charge in [-0.25, -0.2) is 4.79 Å². The van der Waals surface area contributed by atoms with Gasteiger partial charge < -0.3 is 14.8 Å². The monoisotopic (exact) mass is 491 g/mol. The van der Waals surface area contributed by atoms with Gasteiger partial charge in [-0.1, -0.05) is 55.5 Å². The van der Waals surface area contributed by atoms with Crippen molar-refractivity contribution in [2.75, 3.05) is 11.9 Å². The quantitative estimate of drug-likeness (QED) is 0.396. The van der Waals surface area contributed by atoms with E-state index in [2.05, 4.69) is 5.32 Å². The highest BCUT2D eigenvalue weighted by Gasteiger charge is 2.42. The number of rotatable bonds is 8. The molecule has 2 aromatic carbocycles. The van der Waals surface area contributed by atoms with E-state index >= 15 is 0 Å². The van der Waals surface area contributed by atoms with Gasteiger partial charge in [0.25, 0.3) is 0 Å². The summed E-state index contributed by atoms with van der Waals surface area (Å²) in [6.45, 7) is 5.94. The molecule has 2 aromatic rings. The minimum atomic E-state index is -0.754. The summed E-state index contributed by atoms with van der Waals surface area (Å²) in [6, 6.07) is 10.4. The molecular formula is C26H31Cl2NO4. The molecule has 1 saturated carbocycles. The number of hydrogen-bond donors (Lipinski definition) is 1. The van der Waals surface area contributed by atoms with Gasteiger partial charge in [0.2, 0.25) is 5.91 Å². The maximum atomic E-state index is 13.7. The average molecular weight is 492 g/mol. The molecule has 0 spiro atoms. The summed E-state index contributed by atoms with van der Waals surface area (Å²) < 4.78 is 11.1. The van der Waals surface area contributed by atoms with Crippen molar-refractivity contribution in [1.82, 2.24) is 0 Å². The SMILES string of the molecule is CCOC(=O)c1cc(NC(=O)C2(c3ccc(Cl)cc3Cl)CCCCC2)ccc1OC(C)CC. The van der Waals surface area contributed by atoms with Gasteiger partial charge in [0.05, 0.1) is 18.1 Å². The summed E-state index contributed by atoms with van der Waals surface area (Å²) in [4.78, 5) is 26.3. The predicted molar refractivity (Wildman–Crippen MR) is 133 cm³/mol. The number of halogens is 2. The predicted octanol–water partition coefficient (Wildman–Crippen LogP) is 7.19. The molecule has 0 saturated heterocycles. The first-order valence-corrected chi connectivity index (χ1v) is 12.3. The van der Waals surface area contributed by atoms with Gasteiger partial charge in [-0.15, -0.1) is 0 Å². The molecule has 7 heteroatoms. The molecule has 5 nitrogen and oxygen atoms in total. The molecule has 178 valence electrons. The van der Waals surface area contributed by atoms with E-state index in [-0.39, 0.29) is 24.2 Å².